The average molecular weight is 271 g/mol. The quantitative estimate of drug-likeness (QED) is 0.812. The maximum Gasteiger partial charge on any atom is 0.120 e. The number of rotatable bonds is 5. The highest BCUT2D eigenvalue weighted by atomic mass is 16.5. The van der Waals surface area contributed by atoms with Gasteiger partial charge in [-0.15, -0.1) is 0 Å². The summed E-state index contributed by atoms with van der Waals surface area (Å²) in [5, 5.41) is 3.64. The van der Waals surface area contributed by atoms with Crippen LogP contribution in [0.1, 0.15) is 56.2 Å². The zero-order chi connectivity index (χ0) is 13.8. The van der Waals surface area contributed by atoms with Crippen molar-refractivity contribution < 1.29 is 4.74 Å². The first-order valence-electron chi connectivity index (χ1n) is 8.06. The Morgan fingerprint density at radius 1 is 1.30 bits per heavy atom. The van der Waals surface area contributed by atoms with Crippen molar-refractivity contribution in [3.8, 4) is 5.75 Å². The van der Waals surface area contributed by atoms with Gasteiger partial charge in [-0.25, -0.2) is 0 Å². The smallest absolute Gasteiger partial charge is 0.120 e. The van der Waals surface area contributed by atoms with Crippen molar-refractivity contribution in [3.63, 3.8) is 0 Å². The molecule has 2 aliphatic rings. The molecule has 0 amide bonds. The SMILES string of the molecule is CCCNC1CCc2cc(OC3C=CCCC3)ccc21. The van der Waals surface area contributed by atoms with E-state index in [1.807, 2.05) is 0 Å². The molecule has 2 aliphatic carbocycles. The van der Waals surface area contributed by atoms with Gasteiger partial charge >= 0.3 is 0 Å². The van der Waals surface area contributed by atoms with Crippen molar-refractivity contribution >= 4 is 0 Å². The van der Waals surface area contributed by atoms with Gasteiger partial charge in [0.15, 0.2) is 0 Å². The Bertz CT molecular complexity index is 480. The standard InChI is InChI=1S/C18H25NO/c1-2-12-19-18-11-8-14-13-16(9-10-17(14)18)20-15-6-4-3-5-7-15/h4,6,9-10,13,15,18-19H,2-3,5,7-8,11-12H2,1H3. The van der Waals surface area contributed by atoms with E-state index in [2.05, 4.69) is 42.6 Å². The van der Waals surface area contributed by atoms with E-state index >= 15 is 0 Å². The zero-order valence-corrected chi connectivity index (χ0v) is 12.4. The second-order valence-electron chi connectivity index (χ2n) is 5.92. The molecule has 20 heavy (non-hydrogen) atoms. The summed E-state index contributed by atoms with van der Waals surface area (Å²) < 4.78 is 6.09. The molecule has 0 aromatic heterocycles. The van der Waals surface area contributed by atoms with Crippen LogP contribution < -0.4 is 10.1 Å². The Labute approximate surface area is 122 Å². The molecular formula is C18H25NO. The van der Waals surface area contributed by atoms with Gasteiger partial charge in [0, 0.05) is 6.04 Å². The average Bonchev–Trinajstić information content (AvgIpc) is 2.88. The molecule has 0 saturated carbocycles. The van der Waals surface area contributed by atoms with Crippen molar-refractivity contribution in [2.45, 2.75) is 57.6 Å². The third-order valence-electron chi connectivity index (χ3n) is 4.33. The van der Waals surface area contributed by atoms with Crippen molar-refractivity contribution in [1.29, 1.82) is 0 Å². The van der Waals surface area contributed by atoms with E-state index in [4.69, 9.17) is 4.74 Å². The summed E-state index contributed by atoms with van der Waals surface area (Å²) in [6.07, 6.45) is 11.9. The van der Waals surface area contributed by atoms with Crippen LogP contribution in [0.2, 0.25) is 0 Å². The predicted octanol–water partition coefficient (Wildman–Crippen LogP) is 4.16. The topological polar surface area (TPSA) is 21.3 Å². The minimum absolute atomic E-state index is 0.275. The molecule has 3 rings (SSSR count). The van der Waals surface area contributed by atoms with E-state index < -0.39 is 0 Å². The lowest BCUT2D eigenvalue weighted by Crippen LogP contribution is -2.19. The minimum atomic E-state index is 0.275. The van der Waals surface area contributed by atoms with Crippen LogP contribution in [-0.2, 0) is 6.42 Å². The zero-order valence-electron chi connectivity index (χ0n) is 12.4. The largest absolute Gasteiger partial charge is 0.486 e. The highest BCUT2D eigenvalue weighted by Gasteiger charge is 2.22. The summed E-state index contributed by atoms with van der Waals surface area (Å²) in [6.45, 7) is 3.33. The van der Waals surface area contributed by atoms with Crippen molar-refractivity contribution in [3.05, 3.63) is 41.5 Å². The fraction of sp³-hybridized carbons (Fsp3) is 0.556. The summed E-state index contributed by atoms with van der Waals surface area (Å²) in [5.74, 6) is 1.04. The fourth-order valence-corrected chi connectivity index (χ4v) is 3.25. The molecule has 0 heterocycles. The van der Waals surface area contributed by atoms with Crippen molar-refractivity contribution in [1.82, 2.24) is 5.32 Å². The molecule has 0 fully saturated rings. The van der Waals surface area contributed by atoms with Crippen LogP contribution in [-0.4, -0.2) is 12.6 Å². The lowest BCUT2D eigenvalue weighted by molar-refractivity contribution is 0.229. The van der Waals surface area contributed by atoms with Gasteiger partial charge in [0.1, 0.15) is 11.9 Å². The highest BCUT2D eigenvalue weighted by molar-refractivity contribution is 5.40. The molecule has 0 aliphatic heterocycles. The number of hydrogen-bond acceptors (Lipinski definition) is 2. The number of benzene rings is 1. The van der Waals surface area contributed by atoms with Gasteiger partial charge < -0.3 is 10.1 Å². The second-order valence-corrected chi connectivity index (χ2v) is 5.92. The number of allylic oxidation sites excluding steroid dienone is 1. The number of fused-ring (bicyclic) bond motifs is 1. The van der Waals surface area contributed by atoms with Crippen LogP contribution in [0, 0.1) is 0 Å². The van der Waals surface area contributed by atoms with Gasteiger partial charge in [-0.2, -0.15) is 0 Å². The van der Waals surface area contributed by atoms with Gasteiger partial charge in [-0.1, -0.05) is 19.1 Å². The number of ether oxygens (including phenoxy) is 1. The predicted molar refractivity (Wildman–Crippen MR) is 83.2 cm³/mol. The van der Waals surface area contributed by atoms with Crippen LogP contribution in [0.5, 0.6) is 5.75 Å². The Morgan fingerprint density at radius 2 is 2.25 bits per heavy atom. The first-order chi connectivity index (χ1) is 9.86. The number of nitrogens with one attached hydrogen (secondary N) is 1. The first-order valence-corrected chi connectivity index (χ1v) is 8.06. The third kappa shape index (κ3) is 3.06. The molecule has 0 spiro atoms. The Hall–Kier alpha value is -1.28. The fourth-order valence-electron chi connectivity index (χ4n) is 3.25. The Balaban J connectivity index is 1.67. The molecule has 0 bridgehead atoms. The Morgan fingerprint density at radius 3 is 3.05 bits per heavy atom. The lowest BCUT2D eigenvalue weighted by Gasteiger charge is -2.19. The van der Waals surface area contributed by atoms with Gasteiger partial charge in [-0.3, -0.25) is 0 Å². The van der Waals surface area contributed by atoms with Crippen LogP contribution in [0.15, 0.2) is 30.4 Å². The van der Waals surface area contributed by atoms with E-state index in [9.17, 15) is 0 Å². The van der Waals surface area contributed by atoms with E-state index in [1.165, 1.54) is 43.2 Å². The summed E-state index contributed by atoms with van der Waals surface area (Å²) >= 11 is 0. The van der Waals surface area contributed by atoms with Crippen LogP contribution in [0.25, 0.3) is 0 Å². The molecule has 1 aromatic rings. The summed E-state index contributed by atoms with van der Waals surface area (Å²) in [5.41, 5.74) is 2.95. The van der Waals surface area contributed by atoms with Crippen molar-refractivity contribution in [2.75, 3.05) is 6.54 Å². The molecule has 2 nitrogen and oxygen atoms in total. The monoisotopic (exact) mass is 271 g/mol. The lowest BCUT2D eigenvalue weighted by atomic mass is 10.0. The van der Waals surface area contributed by atoms with E-state index in [0.717, 1.165) is 18.7 Å². The highest BCUT2D eigenvalue weighted by Crippen LogP contribution is 2.34. The molecular weight excluding hydrogens is 246 g/mol. The third-order valence-corrected chi connectivity index (χ3v) is 4.33. The Kier molecular flexibility index (Phi) is 4.41. The van der Waals surface area contributed by atoms with E-state index in [0.29, 0.717) is 6.04 Å². The molecule has 2 atom stereocenters. The van der Waals surface area contributed by atoms with Crippen LogP contribution in [0.3, 0.4) is 0 Å². The van der Waals surface area contributed by atoms with Gasteiger partial charge in [-0.05, 0) is 74.4 Å². The summed E-state index contributed by atoms with van der Waals surface area (Å²) in [6, 6.07) is 7.21. The maximum atomic E-state index is 6.09. The molecule has 0 saturated heterocycles. The number of hydrogen-bond donors (Lipinski definition) is 1. The molecule has 2 heteroatoms. The second kappa shape index (κ2) is 6.45. The minimum Gasteiger partial charge on any atom is -0.486 e. The van der Waals surface area contributed by atoms with Gasteiger partial charge in [0.05, 0.1) is 0 Å². The van der Waals surface area contributed by atoms with Crippen LogP contribution in [0.4, 0.5) is 0 Å². The van der Waals surface area contributed by atoms with E-state index in [1.54, 1.807) is 0 Å². The molecule has 1 aromatic carbocycles. The molecule has 1 N–H and O–H groups in total. The molecule has 0 radical (unpaired) electrons. The van der Waals surface area contributed by atoms with Gasteiger partial charge in [0.2, 0.25) is 0 Å². The summed E-state index contributed by atoms with van der Waals surface area (Å²) in [4.78, 5) is 0. The van der Waals surface area contributed by atoms with E-state index in [-0.39, 0.29) is 6.10 Å². The number of aryl methyl sites for hydroxylation is 1. The first kappa shape index (κ1) is 13.7. The van der Waals surface area contributed by atoms with Crippen molar-refractivity contribution in [2.24, 2.45) is 0 Å². The van der Waals surface area contributed by atoms with Crippen LogP contribution >= 0.6 is 0 Å². The molecule has 108 valence electrons. The maximum absolute atomic E-state index is 6.09. The summed E-state index contributed by atoms with van der Waals surface area (Å²) in [7, 11) is 0. The van der Waals surface area contributed by atoms with Gasteiger partial charge in [0.25, 0.3) is 0 Å². The molecule has 2 unspecified atom stereocenters. The normalized spacial score (nSPS) is 24.6.